The van der Waals surface area contributed by atoms with Gasteiger partial charge in [-0.2, -0.15) is 4.80 Å². The summed E-state index contributed by atoms with van der Waals surface area (Å²) in [5.41, 5.74) is 0.470. The van der Waals surface area contributed by atoms with Crippen molar-refractivity contribution in [1.29, 1.82) is 0 Å². The molecule has 2 fully saturated rings. The number of tetrazole rings is 1. The third kappa shape index (κ3) is 7.77. The van der Waals surface area contributed by atoms with Crippen LogP contribution in [0.5, 0.6) is 0 Å². The largest absolute Gasteiger partial charge is 0.479 e. The molecule has 3 aromatic rings. The Bertz CT molecular complexity index is 1800. The summed E-state index contributed by atoms with van der Waals surface area (Å²) in [6, 6.07) is 15.0. The molecule has 0 radical (unpaired) electrons. The third-order valence-corrected chi connectivity index (χ3v) is 9.29. The molecule has 13 nitrogen and oxygen atoms in total. The minimum absolute atomic E-state index is 0.0537. The zero-order valence-electron chi connectivity index (χ0n) is 28.5. The Morgan fingerprint density at radius 1 is 1.06 bits per heavy atom. The number of aromatic nitrogens is 4. The lowest BCUT2D eigenvalue weighted by Crippen LogP contribution is -2.56. The van der Waals surface area contributed by atoms with Crippen LogP contribution in [0.15, 0.2) is 66.7 Å². The number of nitrogens with one attached hydrogen (secondary N) is 2. The minimum atomic E-state index is -1.44. The van der Waals surface area contributed by atoms with E-state index in [2.05, 4.69) is 20.9 Å². The molecule has 3 heterocycles. The number of alkyl carbamates (subject to hydrolysis) is 1. The highest BCUT2D eigenvalue weighted by atomic mass is 16.6. The summed E-state index contributed by atoms with van der Waals surface area (Å²) in [5.74, 6) is -2.12. The van der Waals surface area contributed by atoms with Gasteiger partial charge in [0.15, 0.2) is 0 Å². The van der Waals surface area contributed by atoms with E-state index in [0.717, 1.165) is 23.1 Å². The Labute approximate surface area is 290 Å². The maximum Gasteiger partial charge on any atom is 0.408 e. The Morgan fingerprint density at radius 2 is 1.82 bits per heavy atom. The van der Waals surface area contributed by atoms with Crippen LogP contribution in [0.25, 0.3) is 23.5 Å². The van der Waals surface area contributed by atoms with Gasteiger partial charge in [0.1, 0.15) is 23.2 Å². The first-order valence-corrected chi connectivity index (χ1v) is 17.1. The van der Waals surface area contributed by atoms with Crippen LogP contribution in [0.2, 0.25) is 0 Å². The molecule has 0 spiro atoms. The van der Waals surface area contributed by atoms with Crippen molar-refractivity contribution in [2.75, 3.05) is 6.54 Å². The summed E-state index contributed by atoms with van der Waals surface area (Å²) in [6.45, 7) is 5.26. The number of benzene rings is 2. The van der Waals surface area contributed by atoms with Crippen molar-refractivity contribution >= 4 is 36.0 Å². The number of carbonyl (C=O) groups is 4. The first kappa shape index (κ1) is 34.5. The van der Waals surface area contributed by atoms with E-state index in [0.29, 0.717) is 25.1 Å². The molecule has 2 aromatic carbocycles. The van der Waals surface area contributed by atoms with E-state index in [1.165, 1.54) is 9.70 Å². The number of ether oxygens (including phenoxy) is 1. The average Bonchev–Trinajstić information content (AvgIpc) is 3.38. The summed E-state index contributed by atoms with van der Waals surface area (Å²) < 4.78 is 5.46. The van der Waals surface area contributed by atoms with E-state index in [-0.39, 0.29) is 25.3 Å². The molecule has 0 unspecified atom stereocenters. The maximum absolute atomic E-state index is 14.3. The molecule has 3 amide bonds. The number of fused-ring (bicyclic) bond motifs is 2. The van der Waals surface area contributed by atoms with Crippen LogP contribution < -0.4 is 10.6 Å². The number of hydrogen-bond donors (Lipinski definition) is 3. The van der Waals surface area contributed by atoms with Gasteiger partial charge in [0.25, 0.3) is 0 Å². The fourth-order valence-electron chi connectivity index (χ4n) is 6.60. The lowest BCUT2D eigenvalue weighted by molar-refractivity contribution is -0.145. The molecule has 50 heavy (non-hydrogen) atoms. The number of hydrogen-bond acceptors (Lipinski definition) is 8. The smallest absolute Gasteiger partial charge is 0.408 e. The Hall–Kier alpha value is -5.33. The lowest BCUT2D eigenvalue weighted by Gasteiger charge is -2.30. The SMILES string of the molecule is CC(C)(C)OC(=O)N[C@H]1CCCC/C=C\[C@@H]2C[C@@]2(C(=O)O)NC(=O)[C@@H]2C[C@@H](n3nnc(-c4ccccc4/C=C/c4ccccc4)n3)CN2C1=O. The summed E-state index contributed by atoms with van der Waals surface area (Å²) in [7, 11) is 0. The molecule has 13 heteroatoms. The van der Waals surface area contributed by atoms with Gasteiger partial charge in [0, 0.05) is 24.4 Å². The number of carbonyl (C=O) groups excluding carboxylic acids is 3. The highest BCUT2D eigenvalue weighted by Gasteiger charge is 2.61. The van der Waals surface area contributed by atoms with Gasteiger partial charge >= 0.3 is 12.1 Å². The number of amides is 3. The Balaban J connectivity index is 1.28. The summed E-state index contributed by atoms with van der Waals surface area (Å²) in [6.07, 6.45) is 9.77. The van der Waals surface area contributed by atoms with Gasteiger partial charge in [0.2, 0.25) is 17.6 Å². The predicted octanol–water partition coefficient (Wildman–Crippen LogP) is 4.64. The molecular weight excluding hydrogens is 638 g/mol. The first-order chi connectivity index (χ1) is 23.9. The van der Waals surface area contributed by atoms with Gasteiger partial charge in [-0.15, -0.1) is 10.2 Å². The van der Waals surface area contributed by atoms with E-state index in [1.807, 2.05) is 78.9 Å². The molecule has 6 rings (SSSR count). The fourth-order valence-corrected chi connectivity index (χ4v) is 6.60. The van der Waals surface area contributed by atoms with E-state index in [9.17, 15) is 24.3 Å². The second kappa shape index (κ2) is 14.3. The molecule has 5 atom stereocenters. The molecule has 3 N–H and O–H groups in total. The van der Waals surface area contributed by atoms with Crippen LogP contribution in [0.3, 0.4) is 0 Å². The summed E-state index contributed by atoms with van der Waals surface area (Å²) in [5, 5.41) is 29.0. The second-order valence-corrected chi connectivity index (χ2v) is 14.1. The highest BCUT2D eigenvalue weighted by molar-refractivity contribution is 5.96. The molecule has 1 aromatic heterocycles. The standard InChI is InChI=1S/C37H43N7O6/c1-36(2,3)50-35(49)38-29-18-10-5-4-9-16-26-22-37(26,34(47)48)39-32(45)30-21-27(23-43(30)33(29)46)44-41-31(40-42-44)28-17-12-11-15-25(28)20-19-24-13-7-6-8-14-24/h6-9,11-17,19-20,26-27,29-30H,4-5,10,18,21-23H2,1-3H3,(H,38,49)(H,39,45)(H,47,48)/b16-9-,20-19+/t26-,27-,29+,30+,37-/m1/s1. The van der Waals surface area contributed by atoms with Gasteiger partial charge in [0.05, 0.1) is 6.04 Å². The molecular formula is C37H43N7O6. The van der Waals surface area contributed by atoms with Crippen molar-refractivity contribution in [3.8, 4) is 11.4 Å². The molecule has 0 bridgehead atoms. The normalized spacial score (nSPS) is 26.3. The van der Waals surface area contributed by atoms with Crippen molar-refractivity contribution in [1.82, 2.24) is 35.7 Å². The number of carboxylic acids is 1. The van der Waals surface area contributed by atoms with E-state index < -0.39 is 53.1 Å². The molecule has 1 saturated heterocycles. The number of rotatable bonds is 6. The van der Waals surface area contributed by atoms with Gasteiger partial charge in [-0.1, -0.05) is 85.3 Å². The Kier molecular flexibility index (Phi) is 9.85. The van der Waals surface area contributed by atoms with Crippen molar-refractivity contribution < 1.29 is 29.0 Å². The molecule has 2 aliphatic heterocycles. The van der Waals surface area contributed by atoms with E-state index >= 15 is 0 Å². The van der Waals surface area contributed by atoms with Crippen molar-refractivity contribution in [2.45, 2.75) is 88.6 Å². The monoisotopic (exact) mass is 681 g/mol. The Morgan fingerprint density at radius 3 is 2.58 bits per heavy atom. The van der Waals surface area contributed by atoms with Crippen molar-refractivity contribution in [3.05, 3.63) is 77.9 Å². The fraction of sp³-hybridized carbons (Fsp3) is 0.432. The summed E-state index contributed by atoms with van der Waals surface area (Å²) >= 11 is 0. The van der Waals surface area contributed by atoms with Crippen LogP contribution in [0.1, 0.15) is 76.5 Å². The van der Waals surface area contributed by atoms with Gasteiger partial charge in [-0.3, -0.25) is 9.59 Å². The number of allylic oxidation sites excluding steroid dienone is 1. The van der Waals surface area contributed by atoms with Crippen LogP contribution in [0.4, 0.5) is 4.79 Å². The lowest BCUT2D eigenvalue weighted by atomic mass is 10.0. The third-order valence-electron chi connectivity index (χ3n) is 9.29. The summed E-state index contributed by atoms with van der Waals surface area (Å²) in [4.78, 5) is 56.3. The van der Waals surface area contributed by atoms with Crippen LogP contribution in [0, 0.1) is 5.92 Å². The number of carboxylic acid groups (broad SMARTS) is 1. The van der Waals surface area contributed by atoms with Crippen molar-refractivity contribution in [2.24, 2.45) is 5.92 Å². The quantitative estimate of drug-likeness (QED) is 0.248. The van der Waals surface area contributed by atoms with Gasteiger partial charge < -0.3 is 25.4 Å². The maximum atomic E-state index is 14.3. The predicted molar refractivity (Wildman–Crippen MR) is 185 cm³/mol. The zero-order chi connectivity index (χ0) is 35.5. The van der Waals surface area contributed by atoms with Crippen LogP contribution >= 0.6 is 0 Å². The zero-order valence-corrected chi connectivity index (χ0v) is 28.5. The van der Waals surface area contributed by atoms with Gasteiger partial charge in [-0.05, 0) is 62.8 Å². The topological polar surface area (TPSA) is 169 Å². The highest BCUT2D eigenvalue weighted by Crippen LogP contribution is 2.45. The van der Waals surface area contributed by atoms with E-state index in [1.54, 1.807) is 20.8 Å². The first-order valence-electron chi connectivity index (χ1n) is 17.1. The molecule has 1 saturated carbocycles. The molecule has 3 aliphatic rings. The molecule has 262 valence electrons. The van der Waals surface area contributed by atoms with Crippen molar-refractivity contribution in [3.63, 3.8) is 0 Å². The van der Waals surface area contributed by atoms with Gasteiger partial charge in [-0.25, -0.2) is 9.59 Å². The van der Waals surface area contributed by atoms with Crippen LogP contribution in [-0.2, 0) is 19.1 Å². The molecule has 1 aliphatic carbocycles. The second-order valence-electron chi connectivity index (χ2n) is 14.1. The minimum Gasteiger partial charge on any atom is -0.479 e. The van der Waals surface area contributed by atoms with Crippen LogP contribution in [-0.4, -0.2) is 83.9 Å². The van der Waals surface area contributed by atoms with E-state index in [4.69, 9.17) is 9.84 Å². The average molecular weight is 682 g/mol. The number of nitrogens with zero attached hydrogens (tertiary/aromatic N) is 5. The number of aliphatic carboxylic acids is 1.